The van der Waals surface area contributed by atoms with E-state index < -0.39 is 0 Å². The Hall–Kier alpha value is -0.350. The number of carbonyl (C=O) groups is 1. The summed E-state index contributed by atoms with van der Waals surface area (Å²) >= 11 is 5.07. The zero-order valence-corrected chi connectivity index (χ0v) is 11.6. The molecular formula is C12H16BrNOS. The minimum atomic E-state index is 0.288. The zero-order valence-electron chi connectivity index (χ0n) is 9.25. The molecule has 0 aliphatic carbocycles. The van der Waals surface area contributed by atoms with Crippen LogP contribution in [0.1, 0.15) is 30.6 Å². The summed E-state index contributed by atoms with van der Waals surface area (Å²) in [5, 5.41) is 2.03. The molecule has 1 aromatic rings. The number of nitrogens with zero attached hydrogens (tertiary/aromatic N) is 1. The molecule has 1 aliphatic rings. The van der Waals surface area contributed by atoms with Crippen LogP contribution in [0.5, 0.6) is 0 Å². The lowest BCUT2D eigenvalue weighted by molar-refractivity contribution is -0.130. The number of thiophene rings is 1. The minimum Gasteiger partial charge on any atom is -0.342 e. The molecule has 4 heteroatoms. The molecule has 0 saturated carbocycles. The summed E-state index contributed by atoms with van der Waals surface area (Å²) in [6.07, 6.45) is 5.44. The maximum Gasteiger partial charge on any atom is 0.227 e. The Bertz CT molecular complexity index is 356. The Morgan fingerprint density at radius 3 is 2.56 bits per heavy atom. The van der Waals surface area contributed by atoms with E-state index in [9.17, 15) is 4.79 Å². The smallest absolute Gasteiger partial charge is 0.227 e. The number of hydrogen-bond donors (Lipinski definition) is 0. The van der Waals surface area contributed by atoms with Gasteiger partial charge in [0.25, 0.3) is 0 Å². The number of hydrogen-bond acceptors (Lipinski definition) is 2. The second-order valence-corrected chi connectivity index (χ2v) is 6.11. The van der Waals surface area contributed by atoms with Gasteiger partial charge >= 0.3 is 0 Å². The quantitative estimate of drug-likeness (QED) is 0.819. The SMILES string of the molecule is O=C(Cc1cc(Br)cs1)N1CCCCCC1. The van der Waals surface area contributed by atoms with Crippen LogP contribution in [-0.2, 0) is 11.2 Å². The zero-order chi connectivity index (χ0) is 11.4. The predicted octanol–water partition coefficient (Wildman–Crippen LogP) is 3.46. The van der Waals surface area contributed by atoms with Crippen LogP contribution in [0.25, 0.3) is 0 Å². The van der Waals surface area contributed by atoms with Gasteiger partial charge in [0.15, 0.2) is 0 Å². The van der Waals surface area contributed by atoms with Gasteiger partial charge in [-0.3, -0.25) is 4.79 Å². The van der Waals surface area contributed by atoms with Gasteiger partial charge in [-0.1, -0.05) is 12.8 Å². The molecule has 16 heavy (non-hydrogen) atoms. The summed E-state index contributed by atoms with van der Waals surface area (Å²) < 4.78 is 1.08. The third kappa shape index (κ3) is 3.32. The van der Waals surface area contributed by atoms with E-state index in [0.717, 1.165) is 22.4 Å². The maximum absolute atomic E-state index is 12.0. The fourth-order valence-electron chi connectivity index (χ4n) is 2.03. The summed E-state index contributed by atoms with van der Waals surface area (Å²) in [6, 6.07) is 2.04. The lowest BCUT2D eigenvalue weighted by Crippen LogP contribution is -2.32. The van der Waals surface area contributed by atoms with Gasteiger partial charge in [0.2, 0.25) is 5.91 Å². The van der Waals surface area contributed by atoms with E-state index in [4.69, 9.17) is 0 Å². The Labute approximate surface area is 109 Å². The van der Waals surface area contributed by atoms with Crippen molar-refractivity contribution in [2.45, 2.75) is 32.1 Å². The third-order valence-electron chi connectivity index (χ3n) is 2.91. The van der Waals surface area contributed by atoms with Crippen LogP contribution in [0, 0.1) is 0 Å². The molecule has 0 bridgehead atoms. The van der Waals surface area contributed by atoms with Crippen LogP contribution in [-0.4, -0.2) is 23.9 Å². The highest BCUT2D eigenvalue weighted by Gasteiger charge is 2.16. The first-order valence-electron chi connectivity index (χ1n) is 5.76. The van der Waals surface area contributed by atoms with Crippen molar-refractivity contribution in [2.75, 3.05) is 13.1 Å². The number of halogens is 1. The van der Waals surface area contributed by atoms with E-state index >= 15 is 0 Å². The van der Waals surface area contributed by atoms with Crippen molar-refractivity contribution in [3.63, 3.8) is 0 Å². The van der Waals surface area contributed by atoms with Gasteiger partial charge < -0.3 is 4.90 Å². The summed E-state index contributed by atoms with van der Waals surface area (Å²) in [4.78, 5) is 15.2. The number of carbonyl (C=O) groups excluding carboxylic acids is 1. The van der Waals surface area contributed by atoms with Gasteiger partial charge in [-0.25, -0.2) is 0 Å². The molecule has 0 unspecified atom stereocenters. The van der Waals surface area contributed by atoms with E-state index in [0.29, 0.717) is 6.42 Å². The molecule has 88 valence electrons. The average molecular weight is 302 g/mol. The maximum atomic E-state index is 12.0. The van der Waals surface area contributed by atoms with Gasteiger partial charge in [0.05, 0.1) is 6.42 Å². The van der Waals surface area contributed by atoms with Gasteiger partial charge in [-0.15, -0.1) is 11.3 Å². The van der Waals surface area contributed by atoms with Crippen LogP contribution in [0.15, 0.2) is 15.9 Å². The lowest BCUT2D eigenvalue weighted by atomic mass is 10.2. The van der Waals surface area contributed by atoms with Gasteiger partial charge in [0.1, 0.15) is 0 Å². The molecule has 1 fully saturated rings. The molecular weight excluding hydrogens is 286 g/mol. The standard InChI is InChI=1S/C12H16BrNOS/c13-10-7-11(16-9-10)8-12(15)14-5-3-1-2-4-6-14/h7,9H,1-6,8H2. The van der Waals surface area contributed by atoms with Crippen LogP contribution < -0.4 is 0 Å². The first-order valence-corrected chi connectivity index (χ1v) is 7.43. The molecule has 1 saturated heterocycles. The molecule has 1 amide bonds. The Morgan fingerprint density at radius 2 is 2.00 bits per heavy atom. The molecule has 1 aliphatic heterocycles. The molecule has 0 spiro atoms. The molecule has 2 nitrogen and oxygen atoms in total. The topological polar surface area (TPSA) is 20.3 Å². The summed E-state index contributed by atoms with van der Waals surface area (Å²) in [7, 11) is 0. The molecule has 0 aromatic carbocycles. The fourth-order valence-corrected chi connectivity index (χ4v) is 3.47. The largest absolute Gasteiger partial charge is 0.342 e. The molecule has 1 aromatic heterocycles. The molecule has 0 radical (unpaired) electrons. The Balaban J connectivity index is 1.91. The highest BCUT2D eigenvalue weighted by atomic mass is 79.9. The van der Waals surface area contributed by atoms with Gasteiger partial charge in [0, 0.05) is 27.8 Å². The summed E-state index contributed by atoms with van der Waals surface area (Å²) in [6.45, 7) is 1.90. The minimum absolute atomic E-state index is 0.288. The van der Waals surface area contributed by atoms with Crippen molar-refractivity contribution in [1.29, 1.82) is 0 Å². The molecule has 2 rings (SSSR count). The second-order valence-electron chi connectivity index (χ2n) is 4.20. The summed E-state index contributed by atoms with van der Waals surface area (Å²) in [5.74, 6) is 0.288. The van der Waals surface area contributed by atoms with Gasteiger partial charge in [-0.05, 0) is 34.8 Å². The monoisotopic (exact) mass is 301 g/mol. The van der Waals surface area contributed by atoms with Crippen LogP contribution >= 0.6 is 27.3 Å². The first-order chi connectivity index (χ1) is 7.75. The third-order valence-corrected chi connectivity index (χ3v) is 4.60. The summed E-state index contributed by atoms with van der Waals surface area (Å²) in [5.41, 5.74) is 0. The van der Waals surface area contributed by atoms with Crippen LogP contribution in [0.4, 0.5) is 0 Å². The van der Waals surface area contributed by atoms with Crippen molar-refractivity contribution in [3.8, 4) is 0 Å². The van der Waals surface area contributed by atoms with E-state index in [-0.39, 0.29) is 5.91 Å². The predicted molar refractivity (Wildman–Crippen MR) is 70.8 cm³/mol. The molecule has 2 heterocycles. The Kier molecular flexibility index (Phi) is 4.41. The van der Waals surface area contributed by atoms with Crippen LogP contribution in [0.2, 0.25) is 0 Å². The molecule has 0 atom stereocenters. The highest BCUT2D eigenvalue weighted by molar-refractivity contribution is 9.10. The van der Waals surface area contributed by atoms with E-state index in [1.54, 1.807) is 11.3 Å². The van der Waals surface area contributed by atoms with Crippen LogP contribution in [0.3, 0.4) is 0 Å². The lowest BCUT2D eigenvalue weighted by Gasteiger charge is -2.19. The van der Waals surface area contributed by atoms with Crippen molar-refractivity contribution in [1.82, 2.24) is 4.90 Å². The molecule has 0 N–H and O–H groups in total. The van der Waals surface area contributed by atoms with Crippen molar-refractivity contribution in [3.05, 3.63) is 20.8 Å². The van der Waals surface area contributed by atoms with E-state index in [2.05, 4.69) is 15.9 Å². The van der Waals surface area contributed by atoms with Gasteiger partial charge in [-0.2, -0.15) is 0 Å². The fraction of sp³-hybridized carbons (Fsp3) is 0.583. The second kappa shape index (κ2) is 5.82. The Morgan fingerprint density at radius 1 is 1.31 bits per heavy atom. The highest BCUT2D eigenvalue weighted by Crippen LogP contribution is 2.21. The number of likely N-dealkylation sites (tertiary alicyclic amines) is 1. The number of rotatable bonds is 2. The van der Waals surface area contributed by atoms with Crippen molar-refractivity contribution >= 4 is 33.2 Å². The number of amides is 1. The normalized spacial score (nSPS) is 17.2. The average Bonchev–Trinajstić information content (AvgIpc) is 2.56. The van der Waals surface area contributed by atoms with E-state index in [1.165, 1.54) is 25.7 Å². The van der Waals surface area contributed by atoms with Crippen molar-refractivity contribution < 1.29 is 4.79 Å². The first kappa shape index (κ1) is 12.1. The van der Waals surface area contributed by atoms with E-state index in [1.807, 2.05) is 16.3 Å². The van der Waals surface area contributed by atoms with Crippen molar-refractivity contribution in [2.24, 2.45) is 0 Å².